The molecule has 2 nitrogen and oxygen atoms in total. The van der Waals surface area contributed by atoms with Crippen molar-refractivity contribution in [2.75, 3.05) is 13.1 Å². The summed E-state index contributed by atoms with van der Waals surface area (Å²) >= 11 is 0. The van der Waals surface area contributed by atoms with E-state index < -0.39 is 0 Å². The molecule has 4 rings (SSSR count). The summed E-state index contributed by atoms with van der Waals surface area (Å²) in [5, 5.41) is 8.32. The van der Waals surface area contributed by atoms with Crippen molar-refractivity contribution in [3.63, 3.8) is 0 Å². The molecule has 0 aromatic rings. The van der Waals surface area contributed by atoms with Crippen LogP contribution in [0.15, 0.2) is 0 Å². The Morgan fingerprint density at radius 1 is 0.367 bits per heavy atom. The molecule has 0 atom stereocenters. The third-order valence-electron chi connectivity index (χ3n) is 9.52. The Hall–Kier alpha value is 0.0499. The van der Waals surface area contributed by atoms with Crippen LogP contribution >= 0.6 is 0 Å². The molecule has 0 amide bonds. The molecule has 4 aliphatic rings. The Morgan fingerprint density at radius 3 is 0.833 bits per heavy atom. The lowest BCUT2D eigenvalue weighted by Gasteiger charge is -2.37. The molecule has 0 aromatic carbocycles. The predicted octanol–water partition coefficient (Wildman–Crippen LogP) is 7.49. The highest BCUT2D eigenvalue weighted by Gasteiger charge is 2.36. The van der Waals surface area contributed by atoms with Crippen molar-refractivity contribution in [2.24, 2.45) is 0 Å². The van der Waals surface area contributed by atoms with Gasteiger partial charge in [0.05, 0.1) is 0 Å². The molecule has 4 heteroatoms. The summed E-state index contributed by atoms with van der Waals surface area (Å²) in [7, 11) is 0. The molecule has 4 aliphatic carbocycles. The summed E-state index contributed by atoms with van der Waals surface area (Å²) in [5.41, 5.74) is 0. The SMILES string of the molecule is C1CCC(B(NCCNB(C2CCCCC2)C2CCCCC2)C2CCCCC2)CC1. The smallest absolute Gasteiger partial charge is 0.226 e. The van der Waals surface area contributed by atoms with Gasteiger partial charge >= 0.3 is 0 Å². The lowest BCUT2D eigenvalue weighted by atomic mass is 9.38. The first-order valence-electron chi connectivity index (χ1n) is 14.4. The maximum Gasteiger partial charge on any atom is 0.226 e. The Kier molecular flexibility index (Phi) is 10.0. The number of hydrogen-bond donors (Lipinski definition) is 2. The zero-order valence-corrected chi connectivity index (χ0v) is 20.0. The Bertz CT molecular complexity index is 372. The average molecular weight is 412 g/mol. The second kappa shape index (κ2) is 12.9. The second-order valence-electron chi connectivity index (χ2n) is 11.6. The first-order chi connectivity index (χ1) is 14.9. The summed E-state index contributed by atoms with van der Waals surface area (Å²) in [6.45, 7) is 4.03. The van der Waals surface area contributed by atoms with Gasteiger partial charge < -0.3 is 10.5 Å². The van der Waals surface area contributed by atoms with E-state index in [0.717, 1.165) is 37.0 Å². The van der Waals surface area contributed by atoms with E-state index in [1.165, 1.54) is 142 Å². The van der Waals surface area contributed by atoms with Crippen LogP contribution in [0.2, 0.25) is 23.3 Å². The number of nitrogens with one attached hydrogen (secondary N) is 2. The fraction of sp³-hybridized carbons (Fsp3) is 1.00. The van der Waals surface area contributed by atoms with Crippen LogP contribution in [0.5, 0.6) is 0 Å². The summed E-state index contributed by atoms with van der Waals surface area (Å²) < 4.78 is 0. The van der Waals surface area contributed by atoms with Crippen LogP contribution in [0, 0.1) is 0 Å². The normalized spacial score (nSPS) is 26.0. The molecule has 4 saturated carbocycles. The number of rotatable bonds is 9. The minimum atomic E-state index is 0.815. The van der Waals surface area contributed by atoms with Crippen molar-refractivity contribution < 1.29 is 0 Å². The highest BCUT2D eigenvalue weighted by Crippen LogP contribution is 2.41. The lowest BCUT2D eigenvalue weighted by Crippen LogP contribution is -2.50. The van der Waals surface area contributed by atoms with E-state index in [9.17, 15) is 0 Å². The molecular weight excluding hydrogens is 362 g/mol. The van der Waals surface area contributed by atoms with Gasteiger partial charge in [-0.3, -0.25) is 0 Å². The van der Waals surface area contributed by atoms with E-state index in [-0.39, 0.29) is 0 Å². The van der Waals surface area contributed by atoms with Gasteiger partial charge in [-0.2, -0.15) is 0 Å². The van der Waals surface area contributed by atoms with Crippen molar-refractivity contribution in [2.45, 2.75) is 152 Å². The lowest BCUT2D eigenvalue weighted by molar-refractivity contribution is 0.451. The first-order valence-corrected chi connectivity index (χ1v) is 14.4. The third-order valence-corrected chi connectivity index (χ3v) is 9.52. The number of hydrogen-bond acceptors (Lipinski definition) is 2. The highest BCUT2D eigenvalue weighted by atomic mass is 14.9. The third kappa shape index (κ3) is 6.77. The topological polar surface area (TPSA) is 24.1 Å². The summed E-state index contributed by atoms with van der Waals surface area (Å²) in [4.78, 5) is 0. The molecule has 30 heavy (non-hydrogen) atoms. The van der Waals surface area contributed by atoms with Crippen LogP contribution in [0.25, 0.3) is 0 Å². The molecule has 0 heterocycles. The quantitative estimate of drug-likeness (QED) is 0.303. The molecule has 0 aliphatic heterocycles. The van der Waals surface area contributed by atoms with E-state index in [1.807, 2.05) is 0 Å². The van der Waals surface area contributed by atoms with Gasteiger partial charge in [-0.25, -0.2) is 0 Å². The van der Waals surface area contributed by atoms with Crippen molar-refractivity contribution in [1.29, 1.82) is 0 Å². The van der Waals surface area contributed by atoms with Crippen LogP contribution in [0.3, 0.4) is 0 Å². The van der Waals surface area contributed by atoms with Crippen LogP contribution in [0.4, 0.5) is 0 Å². The molecule has 0 aromatic heterocycles. The standard InChI is InChI=1S/C26H50B2N2/c1-5-13-23(14-6-1)27(24-15-7-2-8-16-24)29-21-22-30-28(25-17-9-3-10-18-25)26-19-11-4-12-20-26/h23-26,29-30H,1-22H2. The minimum absolute atomic E-state index is 0.815. The van der Waals surface area contributed by atoms with E-state index >= 15 is 0 Å². The molecule has 0 saturated heterocycles. The van der Waals surface area contributed by atoms with Gasteiger partial charge in [-0.1, -0.05) is 128 Å². The molecular formula is C26H50B2N2. The van der Waals surface area contributed by atoms with Gasteiger partial charge in [-0.05, 0) is 36.4 Å². The van der Waals surface area contributed by atoms with E-state index in [1.54, 1.807) is 0 Å². The van der Waals surface area contributed by atoms with E-state index in [2.05, 4.69) is 10.5 Å². The van der Waals surface area contributed by atoms with Crippen molar-refractivity contribution in [3.8, 4) is 0 Å². The van der Waals surface area contributed by atoms with Crippen molar-refractivity contribution in [1.82, 2.24) is 10.5 Å². The van der Waals surface area contributed by atoms with Gasteiger partial charge in [0.15, 0.2) is 0 Å². The fourth-order valence-corrected chi connectivity index (χ4v) is 7.89. The summed E-state index contributed by atoms with van der Waals surface area (Å²) in [6, 6.07) is 0. The van der Waals surface area contributed by atoms with Crippen LogP contribution in [-0.2, 0) is 0 Å². The zero-order valence-electron chi connectivity index (χ0n) is 20.0. The molecule has 170 valence electrons. The van der Waals surface area contributed by atoms with Gasteiger partial charge in [0.1, 0.15) is 0 Å². The van der Waals surface area contributed by atoms with Crippen molar-refractivity contribution in [3.05, 3.63) is 0 Å². The van der Waals surface area contributed by atoms with Gasteiger partial charge in [0.25, 0.3) is 0 Å². The molecule has 2 N–H and O–H groups in total. The maximum atomic E-state index is 4.16. The van der Waals surface area contributed by atoms with Gasteiger partial charge in [0, 0.05) is 0 Å². The molecule has 0 spiro atoms. The molecule has 0 unspecified atom stereocenters. The van der Waals surface area contributed by atoms with E-state index in [0.29, 0.717) is 0 Å². The Morgan fingerprint density at radius 2 is 0.600 bits per heavy atom. The Labute approximate surface area is 189 Å². The van der Waals surface area contributed by atoms with Crippen LogP contribution < -0.4 is 10.5 Å². The zero-order chi connectivity index (χ0) is 20.4. The van der Waals surface area contributed by atoms with Crippen LogP contribution in [0.1, 0.15) is 128 Å². The second-order valence-corrected chi connectivity index (χ2v) is 11.6. The molecule has 4 fully saturated rings. The molecule has 0 radical (unpaired) electrons. The van der Waals surface area contributed by atoms with Gasteiger partial charge in [-0.15, -0.1) is 0 Å². The van der Waals surface area contributed by atoms with Gasteiger partial charge in [0.2, 0.25) is 13.7 Å². The van der Waals surface area contributed by atoms with Crippen molar-refractivity contribution >= 4 is 13.7 Å². The first kappa shape index (κ1) is 23.2. The average Bonchev–Trinajstić information content (AvgIpc) is 2.84. The van der Waals surface area contributed by atoms with E-state index in [4.69, 9.17) is 0 Å². The summed E-state index contributed by atoms with van der Waals surface area (Å²) in [5.74, 6) is 3.87. The highest BCUT2D eigenvalue weighted by molar-refractivity contribution is 6.60. The maximum absolute atomic E-state index is 4.16. The van der Waals surface area contributed by atoms with Crippen LogP contribution in [-0.4, -0.2) is 26.8 Å². The largest absolute Gasteiger partial charge is 0.354 e. The Balaban J connectivity index is 1.28. The predicted molar refractivity (Wildman–Crippen MR) is 135 cm³/mol. The minimum Gasteiger partial charge on any atom is -0.354 e. The monoisotopic (exact) mass is 412 g/mol. The fourth-order valence-electron chi connectivity index (χ4n) is 7.89. The molecule has 0 bridgehead atoms. The summed E-state index contributed by atoms with van der Waals surface area (Å²) in [6.07, 6.45) is 29.8.